The van der Waals surface area contributed by atoms with Crippen molar-refractivity contribution in [2.24, 2.45) is 0 Å². The minimum atomic E-state index is -0.488. The van der Waals surface area contributed by atoms with Gasteiger partial charge in [-0.05, 0) is 29.8 Å². The number of aromatic nitrogens is 1. The number of hydrogen-bond acceptors (Lipinski definition) is 5. The van der Waals surface area contributed by atoms with Gasteiger partial charge in [0.2, 0.25) is 5.91 Å². The number of nitro groups is 1. The molecule has 7 nitrogen and oxygen atoms in total. The maximum atomic E-state index is 13.1. The lowest BCUT2D eigenvalue weighted by Gasteiger charge is -2.34. The van der Waals surface area contributed by atoms with E-state index in [9.17, 15) is 19.3 Å². The molecule has 0 radical (unpaired) electrons. The normalized spacial score (nSPS) is 14.7. The van der Waals surface area contributed by atoms with Crippen LogP contribution in [0.15, 0.2) is 48.7 Å². The van der Waals surface area contributed by atoms with E-state index >= 15 is 0 Å². The molecule has 1 aromatic carbocycles. The number of rotatable bonds is 4. The summed E-state index contributed by atoms with van der Waals surface area (Å²) in [5.74, 6) is 0.174. The molecule has 8 heteroatoms. The SMILES string of the molecule is O=C(/C=C/c1cccc(F)c1)N1CCN(c2ccc([N+](=O)[O-])cn2)CC1. The van der Waals surface area contributed by atoms with Crippen LogP contribution in [0.2, 0.25) is 0 Å². The highest BCUT2D eigenvalue weighted by Crippen LogP contribution is 2.17. The minimum absolute atomic E-state index is 0.0509. The molecule has 1 fully saturated rings. The van der Waals surface area contributed by atoms with E-state index < -0.39 is 4.92 Å². The van der Waals surface area contributed by atoms with Crippen LogP contribution in [0.1, 0.15) is 5.56 Å². The van der Waals surface area contributed by atoms with Crippen molar-refractivity contribution < 1.29 is 14.1 Å². The fourth-order valence-electron chi connectivity index (χ4n) is 2.71. The molecule has 0 spiro atoms. The molecule has 0 N–H and O–H groups in total. The van der Waals surface area contributed by atoms with E-state index in [2.05, 4.69) is 4.98 Å². The summed E-state index contributed by atoms with van der Waals surface area (Å²) in [4.78, 5) is 30.2. The van der Waals surface area contributed by atoms with Crippen molar-refractivity contribution in [3.8, 4) is 0 Å². The molecule has 2 aromatic rings. The maximum Gasteiger partial charge on any atom is 0.287 e. The van der Waals surface area contributed by atoms with Crippen molar-refractivity contribution in [1.29, 1.82) is 0 Å². The second-order valence-corrected chi connectivity index (χ2v) is 5.83. The lowest BCUT2D eigenvalue weighted by molar-refractivity contribution is -0.385. The highest BCUT2D eigenvalue weighted by atomic mass is 19.1. The third-order valence-corrected chi connectivity index (χ3v) is 4.13. The number of carbonyl (C=O) groups is 1. The van der Waals surface area contributed by atoms with Gasteiger partial charge >= 0.3 is 0 Å². The Kier molecular flexibility index (Phi) is 5.21. The van der Waals surface area contributed by atoms with Gasteiger partial charge < -0.3 is 9.80 Å². The third-order valence-electron chi connectivity index (χ3n) is 4.13. The first-order valence-electron chi connectivity index (χ1n) is 8.11. The topological polar surface area (TPSA) is 79.6 Å². The molecule has 1 saturated heterocycles. The molecule has 134 valence electrons. The summed E-state index contributed by atoms with van der Waals surface area (Å²) in [5, 5.41) is 10.7. The van der Waals surface area contributed by atoms with Crippen LogP contribution in [-0.4, -0.2) is 46.9 Å². The Balaban J connectivity index is 1.56. The molecule has 0 saturated carbocycles. The van der Waals surface area contributed by atoms with Crippen LogP contribution < -0.4 is 4.90 Å². The molecule has 0 unspecified atom stereocenters. The Labute approximate surface area is 149 Å². The van der Waals surface area contributed by atoms with Crippen molar-refractivity contribution >= 4 is 23.5 Å². The van der Waals surface area contributed by atoms with Gasteiger partial charge in [0.25, 0.3) is 5.69 Å². The smallest absolute Gasteiger partial charge is 0.287 e. The van der Waals surface area contributed by atoms with E-state index in [1.54, 1.807) is 29.2 Å². The lowest BCUT2D eigenvalue weighted by Crippen LogP contribution is -2.48. The van der Waals surface area contributed by atoms with E-state index in [0.29, 0.717) is 37.6 Å². The number of halogens is 1. The molecule has 0 aliphatic carbocycles. The summed E-state index contributed by atoms with van der Waals surface area (Å²) < 4.78 is 13.1. The fourth-order valence-corrected chi connectivity index (χ4v) is 2.71. The van der Waals surface area contributed by atoms with Crippen molar-refractivity contribution in [3.05, 3.63) is 70.2 Å². The van der Waals surface area contributed by atoms with Gasteiger partial charge in [0, 0.05) is 38.3 Å². The quantitative estimate of drug-likeness (QED) is 0.478. The van der Waals surface area contributed by atoms with Crippen LogP contribution in [-0.2, 0) is 4.79 Å². The van der Waals surface area contributed by atoms with Crippen molar-refractivity contribution in [3.63, 3.8) is 0 Å². The van der Waals surface area contributed by atoms with Crippen molar-refractivity contribution in [1.82, 2.24) is 9.88 Å². The summed E-state index contributed by atoms with van der Waals surface area (Å²) in [6.45, 7) is 2.21. The largest absolute Gasteiger partial charge is 0.353 e. The Bertz CT molecular complexity index is 831. The first kappa shape index (κ1) is 17.5. The van der Waals surface area contributed by atoms with Crippen LogP contribution in [0.3, 0.4) is 0 Å². The van der Waals surface area contributed by atoms with Gasteiger partial charge in [-0.15, -0.1) is 0 Å². The van der Waals surface area contributed by atoms with E-state index in [-0.39, 0.29) is 17.4 Å². The summed E-state index contributed by atoms with van der Waals surface area (Å²) >= 11 is 0. The Morgan fingerprint density at radius 2 is 1.96 bits per heavy atom. The molecule has 1 amide bonds. The highest BCUT2D eigenvalue weighted by molar-refractivity contribution is 5.91. The highest BCUT2D eigenvalue weighted by Gasteiger charge is 2.21. The summed E-state index contributed by atoms with van der Waals surface area (Å²) in [7, 11) is 0. The standard InChI is InChI=1S/C18H17FN4O3/c19-15-3-1-2-14(12-15)4-7-18(24)22-10-8-21(9-11-22)17-6-5-16(13-20-17)23(25)26/h1-7,12-13H,8-11H2/b7-4+. The molecule has 0 bridgehead atoms. The number of hydrogen-bond donors (Lipinski definition) is 0. The Morgan fingerprint density at radius 3 is 2.58 bits per heavy atom. The fraction of sp³-hybridized carbons (Fsp3) is 0.222. The molecular formula is C18H17FN4O3. The second kappa shape index (κ2) is 7.73. The monoisotopic (exact) mass is 356 g/mol. The average Bonchev–Trinajstić information content (AvgIpc) is 2.66. The zero-order valence-electron chi connectivity index (χ0n) is 13.9. The van der Waals surface area contributed by atoms with Crippen molar-refractivity contribution in [2.75, 3.05) is 31.1 Å². The molecule has 26 heavy (non-hydrogen) atoms. The van der Waals surface area contributed by atoms with Crippen LogP contribution in [0.25, 0.3) is 6.08 Å². The van der Waals surface area contributed by atoms with E-state index in [1.807, 2.05) is 4.90 Å². The summed E-state index contributed by atoms with van der Waals surface area (Å²) in [5.41, 5.74) is 0.581. The molecule has 0 atom stereocenters. The van der Waals surface area contributed by atoms with E-state index in [0.717, 1.165) is 0 Å². The van der Waals surface area contributed by atoms with E-state index in [4.69, 9.17) is 0 Å². The van der Waals surface area contributed by atoms with Crippen molar-refractivity contribution in [2.45, 2.75) is 0 Å². The van der Waals surface area contributed by atoms with Crippen LogP contribution in [0.4, 0.5) is 15.9 Å². The van der Waals surface area contributed by atoms with Crippen LogP contribution in [0.5, 0.6) is 0 Å². The molecular weight excluding hydrogens is 339 g/mol. The van der Waals surface area contributed by atoms with Gasteiger partial charge in [-0.3, -0.25) is 14.9 Å². The lowest BCUT2D eigenvalue weighted by atomic mass is 10.2. The third kappa shape index (κ3) is 4.21. The van der Waals surface area contributed by atoms with Gasteiger partial charge in [-0.25, -0.2) is 9.37 Å². The van der Waals surface area contributed by atoms with Gasteiger partial charge in [0.15, 0.2) is 0 Å². The molecule has 1 aromatic heterocycles. The van der Waals surface area contributed by atoms with Crippen LogP contribution in [0, 0.1) is 15.9 Å². The predicted octanol–water partition coefficient (Wildman–Crippen LogP) is 2.49. The maximum absolute atomic E-state index is 13.1. The first-order chi connectivity index (χ1) is 12.5. The Morgan fingerprint density at radius 1 is 1.19 bits per heavy atom. The molecule has 2 heterocycles. The van der Waals surface area contributed by atoms with Crippen LogP contribution >= 0.6 is 0 Å². The van der Waals surface area contributed by atoms with Gasteiger partial charge in [-0.2, -0.15) is 0 Å². The number of nitrogens with zero attached hydrogens (tertiary/aromatic N) is 4. The zero-order chi connectivity index (χ0) is 18.5. The second-order valence-electron chi connectivity index (χ2n) is 5.83. The minimum Gasteiger partial charge on any atom is -0.353 e. The summed E-state index contributed by atoms with van der Waals surface area (Å²) in [6, 6.07) is 9.06. The molecule has 1 aliphatic rings. The Hall–Kier alpha value is -3.29. The van der Waals surface area contributed by atoms with Gasteiger partial charge in [0.05, 0.1) is 4.92 Å². The number of pyridine rings is 1. The zero-order valence-corrected chi connectivity index (χ0v) is 13.9. The van der Waals surface area contributed by atoms with Gasteiger partial charge in [0.1, 0.15) is 17.8 Å². The number of anilines is 1. The number of piperazine rings is 1. The number of amides is 1. The van der Waals surface area contributed by atoms with E-state index in [1.165, 1.54) is 30.5 Å². The summed E-state index contributed by atoms with van der Waals surface area (Å²) in [6.07, 6.45) is 4.26. The van der Waals surface area contributed by atoms with Gasteiger partial charge in [-0.1, -0.05) is 12.1 Å². The number of benzene rings is 1. The molecule has 1 aliphatic heterocycles. The number of carbonyl (C=O) groups excluding carboxylic acids is 1. The average molecular weight is 356 g/mol. The molecule has 3 rings (SSSR count). The first-order valence-corrected chi connectivity index (χ1v) is 8.11. The predicted molar refractivity (Wildman–Crippen MR) is 95.1 cm³/mol.